The van der Waals surface area contributed by atoms with Crippen molar-refractivity contribution in [2.45, 2.75) is 71.1 Å². The minimum Gasteiger partial charge on any atom is -0.279 e. The third-order valence-electron chi connectivity index (χ3n) is 6.01. The van der Waals surface area contributed by atoms with Crippen LogP contribution in [0.1, 0.15) is 74.6 Å². The molecule has 0 aromatic heterocycles. The number of sulfonamides is 2. The van der Waals surface area contributed by atoms with Crippen LogP contribution in [0.3, 0.4) is 0 Å². The maximum atomic E-state index is 13.5. The molecule has 1 N–H and O–H groups in total. The Morgan fingerprint density at radius 3 is 2.06 bits per heavy atom. The second-order valence-electron chi connectivity index (χ2n) is 9.23. The van der Waals surface area contributed by atoms with Crippen molar-refractivity contribution in [1.82, 2.24) is 0 Å². The number of hydrogen-bond acceptors (Lipinski definition) is 4. The van der Waals surface area contributed by atoms with E-state index >= 15 is 0 Å². The fourth-order valence-corrected chi connectivity index (χ4v) is 7.37. The van der Waals surface area contributed by atoms with Crippen molar-refractivity contribution in [1.29, 1.82) is 0 Å². The molecule has 0 saturated carbocycles. The summed E-state index contributed by atoms with van der Waals surface area (Å²) in [6.45, 7) is 12.1. The summed E-state index contributed by atoms with van der Waals surface area (Å²) in [6, 6.07) is 9.15. The van der Waals surface area contributed by atoms with E-state index in [-0.39, 0.29) is 22.5 Å². The van der Waals surface area contributed by atoms with Gasteiger partial charge in [-0.1, -0.05) is 45.9 Å². The van der Waals surface area contributed by atoms with Gasteiger partial charge in [-0.2, -0.15) is 0 Å². The first kappa shape index (κ1) is 24.6. The number of anilines is 2. The molecule has 2 aromatic carbocycles. The molecule has 1 aliphatic heterocycles. The summed E-state index contributed by atoms with van der Waals surface area (Å²) in [5, 5.41) is 0. The molecule has 176 valence electrons. The summed E-state index contributed by atoms with van der Waals surface area (Å²) in [7, 11) is -7.25. The molecule has 1 heterocycles. The Hall–Kier alpha value is -2.06. The van der Waals surface area contributed by atoms with Gasteiger partial charge in [0.25, 0.3) is 10.0 Å². The van der Waals surface area contributed by atoms with Crippen LogP contribution < -0.4 is 9.03 Å². The Balaban J connectivity index is 2.07. The third kappa shape index (κ3) is 4.81. The first-order chi connectivity index (χ1) is 14.8. The molecule has 32 heavy (non-hydrogen) atoms. The number of rotatable bonds is 6. The molecule has 0 bridgehead atoms. The van der Waals surface area contributed by atoms with Crippen LogP contribution in [0.15, 0.2) is 35.2 Å². The molecule has 1 aliphatic rings. The molecule has 0 amide bonds. The van der Waals surface area contributed by atoms with Crippen LogP contribution in [-0.4, -0.2) is 29.1 Å². The van der Waals surface area contributed by atoms with Gasteiger partial charge in [0.15, 0.2) is 0 Å². The van der Waals surface area contributed by atoms with Crippen molar-refractivity contribution in [3.05, 3.63) is 52.6 Å². The zero-order valence-corrected chi connectivity index (χ0v) is 21.4. The van der Waals surface area contributed by atoms with Gasteiger partial charge >= 0.3 is 0 Å². The van der Waals surface area contributed by atoms with Crippen LogP contribution in [0.4, 0.5) is 11.4 Å². The van der Waals surface area contributed by atoms with Gasteiger partial charge in [-0.05, 0) is 72.9 Å². The Bertz CT molecular complexity index is 1190. The van der Waals surface area contributed by atoms with Crippen molar-refractivity contribution in [2.75, 3.05) is 21.3 Å². The van der Waals surface area contributed by atoms with Gasteiger partial charge in [0.1, 0.15) is 0 Å². The van der Waals surface area contributed by atoms with Gasteiger partial charge in [0.2, 0.25) is 10.0 Å². The summed E-state index contributed by atoms with van der Waals surface area (Å²) in [4.78, 5) is 0.168. The Labute approximate surface area is 193 Å². The predicted molar refractivity (Wildman–Crippen MR) is 132 cm³/mol. The Morgan fingerprint density at radius 2 is 1.53 bits per heavy atom. The maximum absolute atomic E-state index is 13.5. The molecule has 0 aliphatic carbocycles. The first-order valence-corrected chi connectivity index (χ1v) is 14.2. The van der Waals surface area contributed by atoms with Crippen LogP contribution in [0.5, 0.6) is 0 Å². The van der Waals surface area contributed by atoms with Crippen molar-refractivity contribution in [3.8, 4) is 0 Å². The number of para-hydroxylation sites is 1. The minimum atomic E-state index is -3.87. The van der Waals surface area contributed by atoms with E-state index < -0.39 is 20.0 Å². The lowest BCUT2D eigenvalue weighted by Crippen LogP contribution is -2.38. The molecule has 0 atom stereocenters. The number of hydrogen-bond donors (Lipinski definition) is 1. The van der Waals surface area contributed by atoms with Crippen LogP contribution in [0.25, 0.3) is 0 Å². The average Bonchev–Trinajstić information content (AvgIpc) is 2.68. The van der Waals surface area contributed by atoms with E-state index in [1.165, 1.54) is 4.31 Å². The number of benzene rings is 2. The SMILES string of the molecule is Cc1cc(S(=O)(=O)Nc2c(C(C)C)cccc2C(C)C)c(C)cc1N1CCCCS1(=O)=O. The monoisotopic (exact) mass is 478 g/mol. The van der Waals surface area contributed by atoms with Gasteiger partial charge in [-0.15, -0.1) is 0 Å². The van der Waals surface area contributed by atoms with E-state index in [0.717, 1.165) is 17.5 Å². The fraction of sp³-hybridized carbons (Fsp3) is 0.500. The molecule has 0 unspecified atom stereocenters. The van der Waals surface area contributed by atoms with Gasteiger partial charge in [0.05, 0.1) is 22.0 Å². The van der Waals surface area contributed by atoms with E-state index in [1.807, 2.05) is 45.9 Å². The van der Waals surface area contributed by atoms with Crippen molar-refractivity contribution < 1.29 is 16.8 Å². The lowest BCUT2D eigenvalue weighted by Gasteiger charge is -2.30. The van der Waals surface area contributed by atoms with E-state index in [1.54, 1.807) is 26.0 Å². The highest BCUT2D eigenvalue weighted by Gasteiger charge is 2.29. The lowest BCUT2D eigenvalue weighted by atomic mass is 9.93. The fourth-order valence-electron chi connectivity index (χ4n) is 4.25. The first-order valence-electron chi connectivity index (χ1n) is 11.1. The molecule has 1 fully saturated rings. The second-order valence-corrected chi connectivity index (χ2v) is 12.9. The Morgan fingerprint density at radius 1 is 0.938 bits per heavy atom. The molecule has 6 nitrogen and oxygen atoms in total. The summed E-state index contributed by atoms with van der Waals surface area (Å²) in [5.41, 5.74) is 4.24. The van der Waals surface area contributed by atoms with E-state index in [2.05, 4.69) is 4.72 Å². The molecule has 3 rings (SSSR count). The highest BCUT2D eigenvalue weighted by atomic mass is 32.2. The van der Waals surface area contributed by atoms with Gasteiger partial charge < -0.3 is 0 Å². The van der Waals surface area contributed by atoms with Crippen molar-refractivity contribution >= 4 is 31.4 Å². The summed E-state index contributed by atoms with van der Waals surface area (Å²) in [6.07, 6.45) is 1.45. The van der Waals surface area contributed by atoms with Gasteiger partial charge in [-0.3, -0.25) is 9.03 Å². The molecule has 0 spiro atoms. The van der Waals surface area contributed by atoms with E-state index in [9.17, 15) is 16.8 Å². The Kier molecular flexibility index (Phi) is 6.96. The highest BCUT2D eigenvalue weighted by molar-refractivity contribution is 7.93. The molecular weight excluding hydrogens is 444 g/mol. The molecule has 0 radical (unpaired) electrons. The molecule has 2 aromatic rings. The van der Waals surface area contributed by atoms with Gasteiger partial charge in [-0.25, -0.2) is 16.8 Å². The third-order valence-corrected chi connectivity index (χ3v) is 9.36. The van der Waals surface area contributed by atoms with Crippen LogP contribution in [-0.2, 0) is 20.0 Å². The summed E-state index contributed by atoms with van der Waals surface area (Å²) >= 11 is 0. The van der Waals surface area contributed by atoms with E-state index in [4.69, 9.17) is 0 Å². The molecule has 1 saturated heterocycles. The lowest BCUT2D eigenvalue weighted by molar-refractivity contribution is 0.574. The zero-order chi connectivity index (χ0) is 23.8. The summed E-state index contributed by atoms with van der Waals surface area (Å²) in [5.74, 6) is 0.429. The largest absolute Gasteiger partial charge is 0.279 e. The van der Waals surface area contributed by atoms with Crippen LogP contribution in [0, 0.1) is 13.8 Å². The smallest absolute Gasteiger partial charge is 0.262 e. The van der Waals surface area contributed by atoms with Crippen molar-refractivity contribution in [3.63, 3.8) is 0 Å². The number of nitrogens with zero attached hydrogens (tertiary/aromatic N) is 1. The van der Waals surface area contributed by atoms with Crippen molar-refractivity contribution in [2.24, 2.45) is 0 Å². The van der Waals surface area contributed by atoms with Crippen LogP contribution >= 0.6 is 0 Å². The number of nitrogens with one attached hydrogen (secondary N) is 1. The topological polar surface area (TPSA) is 83.6 Å². The quantitative estimate of drug-likeness (QED) is 0.612. The second kappa shape index (κ2) is 9.06. The van der Waals surface area contributed by atoms with Gasteiger partial charge in [0, 0.05) is 6.54 Å². The highest BCUT2D eigenvalue weighted by Crippen LogP contribution is 2.36. The number of aryl methyl sites for hydroxylation is 2. The standard InChI is InChI=1S/C24H34N2O4S2/c1-16(2)20-10-9-11-21(17(3)4)24(20)25-32(29,30)23-15-18(5)22(14-19(23)6)26-12-7-8-13-31(26,27)28/h9-11,14-17,25H,7-8,12-13H2,1-6H3. The normalized spacial score (nSPS) is 16.6. The zero-order valence-electron chi connectivity index (χ0n) is 19.8. The summed E-state index contributed by atoms with van der Waals surface area (Å²) < 4.78 is 56.4. The molecule has 8 heteroatoms. The van der Waals surface area contributed by atoms with Crippen LogP contribution in [0.2, 0.25) is 0 Å². The average molecular weight is 479 g/mol. The van der Waals surface area contributed by atoms with E-state index in [0.29, 0.717) is 35.5 Å². The maximum Gasteiger partial charge on any atom is 0.262 e. The predicted octanol–water partition coefficient (Wildman–Crippen LogP) is 5.28. The minimum absolute atomic E-state index is 0.122. The molecular formula is C24H34N2O4S2.